The van der Waals surface area contributed by atoms with Crippen LogP contribution in [0.5, 0.6) is 0 Å². The summed E-state index contributed by atoms with van der Waals surface area (Å²) in [5.74, 6) is 0.680. The van der Waals surface area contributed by atoms with Crippen molar-refractivity contribution in [3.63, 3.8) is 0 Å². The summed E-state index contributed by atoms with van der Waals surface area (Å²) in [6.07, 6.45) is 0.712. The number of benzene rings is 1. The molecule has 5 heteroatoms. The number of fused-ring (bicyclic) bond motifs is 1. The molecular formula is C13H19FN4. The number of aromatic nitrogens is 2. The Labute approximate surface area is 106 Å². The smallest absolute Gasteiger partial charge is 0.125 e. The number of rotatable bonds is 5. The van der Waals surface area contributed by atoms with E-state index in [4.69, 9.17) is 5.73 Å². The van der Waals surface area contributed by atoms with Crippen LogP contribution in [0, 0.1) is 5.82 Å². The van der Waals surface area contributed by atoms with Crippen molar-refractivity contribution < 1.29 is 4.39 Å². The van der Waals surface area contributed by atoms with Gasteiger partial charge in [-0.25, -0.2) is 9.37 Å². The molecule has 0 saturated heterocycles. The van der Waals surface area contributed by atoms with E-state index in [0.717, 1.165) is 24.4 Å². The lowest BCUT2D eigenvalue weighted by molar-refractivity contribution is 0.383. The van der Waals surface area contributed by atoms with Crippen molar-refractivity contribution in [1.29, 1.82) is 0 Å². The van der Waals surface area contributed by atoms with E-state index >= 15 is 0 Å². The quantitative estimate of drug-likeness (QED) is 0.868. The van der Waals surface area contributed by atoms with Crippen molar-refractivity contribution in [2.75, 3.05) is 27.2 Å². The predicted molar refractivity (Wildman–Crippen MR) is 71.0 cm³/mol. The van der Waals surface area contributed by atoms with Gasteiger partial charge in [0.15, 0.2) is 0 Å². The van der Waals surface area contributed by atoms with Gasteiger partial charge < -0.3 is 15.2 Å². The van der Waals surface area contributed by atoms with Gasteiger partial charge in [-0.05, 0) is 32.8 Å². The molecule has 1 aromatic heterocycles. The molecule has 0 radical (unpaired) electrons. The molecule has 0 bridgehead atoms. The van der Waals surface area contributed by atoms with Crippen molar-refractivity contribution in [1.82, 2.24) is 14.5 Å². The minimum absolute atomic E-state index is 0.251. The van der Waals surface area contributed by atoms with Crippen molar-refractivity contribution in [3.05, 3.63) is 29.8 Å². The van der Waals surface area contributed by atoms with Crippen LogP contribution in [-0.2, 0) is 13.0 Å². The molecule has 0 saturated carbocycles. The summed E-state index contributed by atoms with van der Waals surface area (Å²) in [4.78, 5) is 6.58. The van der Waals surface area contributed by atoms with Gasteiger partial charge in [-0.2, -0.15) is 0 Å². The van der Waals surface area contributed by atoms with Gasteiger partial charge in [0, 0.05) is 25.6 Å². The van der Waals surface area contributed by atoms with E-state index in [2.05, 4.69) is 14.5 Å². The molecule has 0 aliphatic rings. The maximum Gasteiger partial charge on any atom is 0.125 e. The molecule has 0 spiro atoms. The largest absolute Gasteiger partial charge is 0.330 e. The Kier molecular flexibility index (Phi) is 3.93. The number of imidazole rings is 1. The van der Waals surface area contributed by atoms with E-state index < -0.39 is 0 Å². The molecular weight excluding hydrogens is 231 g/mol. The fraction of sp³-hybridized carbons (Fsp3) is 0.462. The van der Waals surface area contributed by atoms with Crippen molar-refractivity contribution in [2.24, 2.45) is 5.73 Å². The molecule has 18 heavy (non-hydrogen) atoms. The van der Waals surface area contributed by atoms with E-state index in [0.29, 0.717) is 18.5 Å². The van der Waals surface area contributed by atoms with Crippen LogP contribution in [0.2, 0.25) is 0 Å². The van der Waals surface area contributed by atoms with E-state index in [9.17, 15) is 4.39 Å². The SMILES string of the molecule is CN(C)CCn1c(CCN)nc2cc(F)ccc21. The highest BCUT2D eigenvalue weighted by molar-refractivity contribution is 5.76. The zero-order chi connectivity index (χ0) is 13.1. The number of hydrogen-bond donors (Lipinski definition) is 1. The van der Waals surface area contributed by atoms with Gasteiger partial charge in [0.1, 0.15) is 11.6 Å². The molecule has 2 aromatic rings. The van der Waals surface area contributed by atoms with Gasteiger partial charge in [-0.1, -0.05) is 0 Å². The molecule has 0 amide bonds. The first-order valence-corrected chi connectivity index (χ1v) is 6.11. The van der Waals surface area contributed by atoms with E-state index in [1.54, 1.807) is 6.07 Å². The standard InChI is InChI=1S/C13H19FN4/c1-17(2)7-8-18-12-4-3-10(14)9-11(12)16-13(18)5-6-15/h3-4,9H,5-8,15H2,1-2H3. The molecule has 2 N–H and O–H groups in total. The van der Waals surface area contributed by atoms with Gasteiger partial charge in [0.05, 0.1) is 11.0 Å². The summed E-state index contributed by atoms with van der Waals surface area (Å²) in [5, 5.41) is 0. The predicted octanol–water partition coefficient (Wildman–Crippen LogP) is 1.24. The topological polar surface area (TPSA) is 47.1 Å². The summed E-state index contributed by atoms with van der Waals surface area (Å²) in [7, 11) is 4.06. The number of hydrogen-bond acceptors (Lipinski definition) is 3. The fourth-order valence-corrected chi connectivity index (χ4v) is 2.02. The average Bonchev–Trinajstić information content (AvgIpc) is 2.63. The Morgan fingerprint density at radius 1 is 1.39 bits per heavy atom. The third kappa shape index (κ3) is 2.68. The molecule has 4 nitrogen and oxygen atoms in total. The van der Waals surface area contributed by atoms with E-state index in [1.165, 1.54) is 12.1 Å². The zero-order valence-corrected chi connectivity index (χ0v) is 10.9. The Morgan fingerprint density at radius 2 is 2.17 bits per heavy atom. The minimum atomic E-state index is -0.251. The third-order valence-electron chi connectivity index (χ3n) is 2.93. The first-order chi connectivity index (χ1) is 8.61. The van der Waals surface area contributed by atoms with Gasteiger partial charge in [0.25, 0.3) is 0 Å². The van der Waals surface area contributed by atoms with E-state index in [-0.39, 0.29) is 5.82 Å². The van der Waals surface area contributed by atoms with Crippen molar-refractivity contribution in [2.45, 2.75) is 13.0 Å². The molecule has 0 fully saturated rings. The van der Waals surface area contributed by atoms with Gasteiger partial charge in [0.2, 0.25) is 0 Å². The Morgan fingerprint density at radius 3 is 2.83 bits per heavy atom. The summed E-state index contributed by atoms with van der Waals surface area (Å²) < 4.78 is 15.3. The fourth-order valence-electron chi connectivity index (χ4n) is 2.02. The van der Waals surface area contributed by atoms with Crippen LogP contribution < -0.4 is 5.73 Å². The summed E-state index contributed by atoms with van der Waals surface area (Å²) in [6.45, 7) is 2.30. The van der Waals surface area contributed by atoms with Crippen LogP contribution in [0.15, 0.2) is 18.2 Å². The van der Waals surface area contributed by atoms with Crippen LogP contribution in [0.1, 0.15) is 5.82 Å². The second-order valence-corrected chi connectivity index (χ2v) is 4.65. The lowest BCUT2D eigenvalue weighted by Crippen LogP contribution is -2.20. The molecule has 0 unspecified atom stereocenters. The Bertz CT molecular complexity index is 533. The molecule has 0 atom stereocenters. The zero-order valence-electron chi connectivity index (χ0n) is 10.9. The summed E-state index contributed by atoms with van der Waals surface area (Å²) >= 11 is 0. The van der Waals surface area contributed by atoms with Crippen molar-refractivity contribution in [3.8, 4) is 0 Å². The van der Waals surface area contributed by atoms with Gasteiger partial charge >= 0.3 is 0 Å². The molecule has 0 aliphatic carbocycles. The highest BCUT2D eigenvalue weighted by Crippen LogP contribution is 2.17. The van der Waals surface area contributed by atoms with Crippen LogP contribution in [0.3, 0.4) is 0 Å². The number of halogens is 1. The lowest BCUT2D eigenvalue weighted by Gasteiger charge is -2.13. The summed E-state index contributed by atoms with van der Waals surface area (Å²) in [5.41, 5.74) is 7.28. The highest BCUT2D eigenvalue weighted by atomic mass is 19.1. The maximum atomic E-state index is 13.2. The second kappa shape index (κ2) is 5.46. The van der Waals surface area contributed by atoms with Crippen LogP contribution >= 0.6 is 0 Å². The van der Waals surface area contributed by atoms with Crippen LogP contribution in [0.4, 0.5) is 4.39 Å². The lowest BCUT2D eigenvalue weighted by atomic mass is 10.3. The van der Waals surface area contributed by atoms with Crippen LogP contribution in [-0.4, -0.2) is 41.6 Å². The molecule has 98 valence electrons. The van der Waals surface area contributed by atoms with Gasteiger partial charge in [-0.3, -0.25) is 0 Å². The maximum absolute atomic E-state index is 13.2. The van der Waals surface area contributed by atoms with Gasteiger partial charge in [-0.15, -0.1) is 0 Å². The first kappa shape index (κ1) is 13.0. The highest BCUT2D eigenvalue weighted by Gasteiger charge is 2.10. The second-order valence-electron chi connectivity index (χ2n) is 4.65. The third-order valence-corrected chi connectivity index (χ3v) is 2.93. The first-order valence-electron chi connectivity index (χ1n) is 6.11. The normalized spacial score (nSPS) is 11.6. The average molecular weight is 250 g/mol. The Balaban J connectivity index is 2.41. The summed E-state index contributed by atoms with van der Waals surface area (Å²) in [6, 6.07) is 4.73. The number of likely N-dealkylation sites (N-methyl/N-ethyl adjacent to an activating group) is 1. The van der Waals surface area contributed by atoms with Crippen molar-refractivity contribution >= 4 is 11.0 Å². The van der Waals surface area contributed by atoms with Crippen LogP contribution in [0.25, 0.3) is 11.0 Å². The van der Waals surface area contributed by atoms with E-state index in [1.807, 2.05) is 14.1 Å². The Hall–Kier alpha value is -1.46. The number of nitrogens with two attached hydrogens (primary N) is 1. The molecule has 0 aliphatic heterocycles. The molecule has 1 heterocycles. The minimum Gasteiger partial charge on any atom is -0.330 e. The monoisotopic (exact) mass is 250 g/mol. The molecule has 1 aromatic carbocycles. The molecule has 2 rings (SSSR count). The number of nitrogens with zero attached hydrogens (tertiary/aromatic N) is 3.